The van der Waals surface area contributed by atoms with Gasteiger partial charge in [0, 0.05) is 20.9 Å². The van der Waals surface area contributed by atoms with E-state index in [-0.39, 0.29) is 0 Å². The van der Waals surface area contributed by atoms with Crippen molar-refractivity contribution in [3.63, 3.8) is 0 Å². The van der Waals surface area contributed by atoms with Crippen molar-refractivity contribution in [2.24, 2.45) is 5.11 Å². The van der Waals surface area contributed by atoms with Crippen molar-refractivity contribution < 1.29 is 0 Å². The minimum absolute atomic E-state index is 0.546. The van der Waals surface area contributed by atoms with Crippen molar-refractivity contribution in [1.82, 2.24) is 0 Å². The first-order chi connectivity index (χ1) is 15.3. The van der Waals surface area contributed by atoms with E-state index in [1.165, 1.54) is 0 Å². The highest BCUT2D eigenvalue weighted by Crippen LogP contribution is 2.25. The largest absolute Gasteiger partial charge is 0.399 e. The molecule has 0 aliphatic heterocycles. The Labute approximate surface area is 184 Å². The first-order valence-electron chi connectivity index (χ1n) is 9.74. The van der Waals surface area contributed by atoms with Gasteiger partial charge < -0.3 is 0 Å². The second-order valence-corrected chi connectivity index (χ2v) is 7.94. The highest BCUT2D eigenvalue weighted by atomic mass is 32.1. The van der Waals surface area contributed by atoms with Crippen LogP contribution < -0.4 is 0 Å². The molecule has 0 atom stereocenters. The van der Waals surface area contributed by atoms with Crippen LogP contribution in [0.2, 0.25) is 0 Å². The maximum Gasteiger partial charge on any atom is 0.399 e. The lowest BCUT2D eigenvalue weighted by Gasteiger charge is -2.07. The van der Waals surface area contributed by atoms with Crippen LogP contribution in [0, 0.1) is 10.9 Å². The third-order valence-electron chi connectivity index (χ3n) is 4.80. The molecule has 148 valence electrons. The zero-order valence-corrected chi connectivity index (χ0v) is 17.5. The van der Waals surface area contributed by atoms with Gasteiger partial charge in [-0.15, -0.1) is 10.9 Å². The van der Waals surface area contributed by atoms with Gasteiger partial charge in [-0.25, -0.2) is 5.53 Å². The number of benzene rings is 2. The van der Waals surface area contributed by atoms with E-state index in [0.29, 0.717) is 11.4 Å². The lowest BCUT2D eigenvalue weighted by molar-refractivity contribution is 1.15. The molecule has 2 aromatic carbocycles. The third kappa shape index (κ3) is 4.72. The molecule has 4 nitrogen and oxygen atoms in total. The fourth-order valence-electron chi connectivity index (χ4n) is 3.27. The Kier molecular flexibility index (Phi) is 6.22. The van der Waals surface area contributed by atoms with Gasteiger partial charge in [-0.05, 0) is 48.6 Å². The van der Waals surface area contributed by atoms with Gasteiger partial charge in [-0.1, -0.05) is 60.7 Å². The van der Waals surface area contributed by atoms with Crippen molar-refractivity contribution in [2.45, 2.75) is 0 Å². The summed E-state index contributed by atoms with van der Waals surface area (Å²) in [7, 11) is 1.65. The molecule has 0 unspecified atom stereocenters. The predicted molar refractivity (Wildman–Crippen MR) is 131 cm³/mol. The minimum Gasteiger partial charge on any atom is -0.204 e. The second kappa shape index (κ2) is 9.57. The number of hydrogen-bond acceptors (Lipinski definition) is 3. The standard InChI is InChI=1S/C26H19N4S/c27-29-25(19-7-3-1-4-8-19)21-11-15-23(16-12-21)31-24-17-13-22(14-18-24)26(30-28)20-9-5-2-6-10-20/h1-18,27H/q+1. The molecule has 5 heteroatoms. The molecule has 0 fully saturated rings. The van der Waals surface area contributed by atoms with Gasteiger partial charge in [0.25, 0.3) is 0 Å². The zero-order chi connectivity index (χ0) is 21.5. The summed E-state index contributed by atoms with van der Waals surface area (Å²) in [6, 6.07) is 19.4. The van der Waals surface area contributed by atoms with E-state index in [2.05, 4.69) is 10.1 Å². The van der Waals surface area contributed by atoms with Crippen LogP contribution in [0.3, 0.4) is 0 Å². The number of allylic oxidation sites excluding steroid dienone is 10. The minimum atomic E-state index is 0.546. The molecular weight excluding hydrogens is 400 g/mol. The lowest BCUT2D eigenvalue weighted by Crippen LogP contribution is -1.96. The fraction of sp³-hybridized carbons (Fsp3) is 0. The normalized spacial score (nSPS) is 14.4. The van der Waals surface area contributed by atoms with Crippen LogP contribution in [-0.2, 0) is 0 Å². The van der Waals surface area contributed by atoms with Crippen LogP contribution in [0.4, 0.5) is 0 Å². The Morgan fingerprint density at radius 3 is 1.65 bits per heavy atom. The average Bonchev–Trinajstić information content (AvgIpc) is 2.84. The summed E-state index contributed by atoms with van der Waals surface area (Å²) in [6.07, 6.45) is 16.0. The second-order valence-electron chi connectivity index (χ2n) is 6.79. The quantitative estimate of drug-likeness (QED) is 0.324. The van der Waals surface area contributed by atoms with E-state index in [4.69, 9.17) is 5.53 Å². The molecule has 4 rings (SSSR count). The summed E-state index contributed by atoms with van der Waals surface area (Å²) in [6.45, 7) is 0. The predicted octanol–water partition coefficient (Wildman–Crippen LogP) is 7.02. The van der Waals surface area contributed by atoms with Gasteiger partial charge in [-0.2, -0.15) is 5.11 Å². The average molecular weight is 420 g/mol. The van der Waals surface area contributed by atoms with Gasteiger partial charge in [-0.3, -0.25) is 0 Å². The molecule has 1 N–H and O–H groups in total. The van der Waals surface area contributed by atoms with E-state index >= 15 is 0 Å². The SMILES string of the molecule is N#[N+]C(=C1C=CC(=S=C2C=CC(=C(N=N)c3ccccc3)C=C2)C=C1)c1ccccc1. The summed E-state index contributed by atoms with van der Waals surface area (Å²) < 4.78 is 0. The van der Waals surface area contributed by atoms with Crippen LogP contribution in [0.15, 0.2) is 126 Å². The van der Waals surface area contributed by atoms with Gasteiger partial charge in [0.05, 0.1) is 16.8 Å². The maximum absolute atomic E-state index is 9.47. The van der Waals surface area contributed by atoms with E-state index in [1.54, 1.807) is 10.9 Å². The smallest absolute Gasteiger partial charge is 0.204 e. The van der Waals surface area contributed by atoms with Crippen molar-refractivity contribution in [2.75, 3.05) is 0 Å². The van der Waals surface area contributed by atoms with Gasteiger partial charge in [0.15, 0.2) is 4.98 Å². The Morgan fingerprint density at radius 2 is 1.16 bits per heavy atom. The summed E-state index contributed by atoms with van der Waals surface area (Å²) in [5.41, 5.74) is 12.3. The van der Waals surface area contributed by atoms with Gasteiger partial charge in [0.1, 0.15) is 0 Å². The summed E-state index contributed by atoms with van der Waals surface area (Å²) in [5, 5.41) is 13.2. The molecular formula is C26H19N4S+. The highest BCUT2D eigenvalue weighted by molar-refractivity contribution is 7.99. The lowest BCUT2D eigenvalue weighted by atomic mass is 10.0. The van der Waals surface area contributed by atoms with Crippen LogP contribution in [0.1, 0.15) is 11.1 Å². The molecule has 2 aliphatic rings. The van der Waals surface area contributed by atoms with Crippen molar-refractivity contribution >= 4 is 32.1 Å². The maximum atomic E-state index is 9.47. The molecule has 0 saturated carbocycles. The van der Waals surface area contributed by atoms with E-state index < -0.39 is 0 Å². The Hall–Kier alpha value is -4.14. The Balaban J connectivity index is 1.61. The van der Waals surface area contributed by atoms with Crippen molar-refractivity contribution in [3.05, 3.63) is 137 Å². The molecule has 0 heterocycles. The number of nitrogens with zero attached hydrogens (tertiary/aromatic N) is 3. The Bertz CT molecular complexity index is 1270. The first kappa shape index (κ1) is 20.1. The topological polar surface area (TPSA) is 64.4 Å². The molecule has 0 radical (unpaired) electrons. The van der Waals surface area contributed by atoms with Crippen LogP contribution >= 0.6 is 10.9 Å². The summed E-state index contributed by atoms with van der Waals surface area (Å²) in [4.78, 5) is 5.66. The number of hydrogen-bond donors (Lipinski definition) is 1. The highest BCUT2D eigenvalue weighted by Gasteiger charge is 2.19. The summed E-state index contributed by atoms with van der Waals surface area (Å²) >= 11 is 0. The number of nitrogens with one attached hydrogen (secondary N) is 1. The summed E-state index contributed by atoms with van der Waals surface area (Å²) in [5.74, 6) is 0. The third-order valence-corrected chi connectivity index (χ3v) is 5.81. The Morgan fingerprint density at radius 1 is 0.677 bits per heavy atom. The monoisotopic (exact) mass is 419 g/mol. The van der Waals surface area contributed by atoms with Gasteiger partial charge in [0.2, 0.25) is 5.39 Å². The van der Waals surface area contributed by atoms with Crippen LogP contribution in [0.5, 0.6) is 0 Å². The van der Waals surface area contributed by atoms with E-state index in [9.17, 15) is 5.39 Å². The van der Waals surface area contributed by atoms with Crippen LogP contribution in [0.25, 0.3) is 16.4 Å². The van der Waals surface area contributed by atoms with Crippen molar-refractivity contribution in [1.29, 1.82) is 10.9 Å². The molecule has 2 aliphatic carbocycles. The number of diazo groups is 1. The molecule has 0 saturated heterocycles. The number of rotatable bonds is 3. The van der Waals surface area contributed by atoms with Crippen LogP contribution in [-0.4, -0.2) is 9.73 Å². The molecule has 0 amide bonds. The van der Waals surface area contributed by atoms with Crippen molar-refractivity contribution in [3.8, 4) is 0 Å². The fourth-order valence-corrected chi connectivity index (χ4v) is 4.08. The van der Waals surface area contributed by atoms with E-state index in [0.717, 1.165) is 32.0 Å². The zero-order valence-electron chi connectivity index (χ0n) is 16.6. The van der Waals surface area contributed by atoms with Gasteiger partial charge >= 0.3 is 5.70 Å². The molecule has 31 heavy (non-hydrogen) atoms. The first-order valence-corrected chi connectivity index (χ1v) is 10.6. The van der Waals surface area contributed by atoms with E-state index in [1.807, 2.05) is 109 Å². The molecule has 0 spiro atoms. The molecule has 2 aromatic rings. The molecule has 0 bridgehead atoms. The molecule has 0 aromatic heterocycles.